The maximum absolute atomic E-state index is 13.8. The second-order valence-electron chi connectivity index (χ2n) is 10.7. The summed E-state index contributed by atoms with van der Waals surface area (Å²) in [6.45, 7) is -1.36. The van der Waals surface area contributed by atoms with Gasteiger partial charge in [-0.05, 0) is 24.3 Å². The van der Waals surface area contributed by atoms with Crippen molar-refractivity contribution in [2.24, 2.45) is 0 Å². The predicted molar refractivity (Wildman–Crippen MR) is 150 cm³/mol. The topological polar surface area (TPSA) is 214 Å². The highest BCUT2D eigenvalue weighted by molar-refractivity contribution is 8.00. The van der Waals surface area contributed by atoms with Gasteiger partial charge in [0.05, 0.1) is 31.3 Å². The van der Waals surface area contributed by atoms with E-state index in [0.717, 1.165) is 22.6 Å². The number of aliphatic hydroxyl groups is 6. The fraction of sp³-hybridized carbons (Fsp3) is 0.444. The number of rotatable bonds is 8. The number of aromatic nitrogens is 7. The summed E-state index contributed by atoms with van der Waals surface area (Å²) in [5.41, 5.74) is -2.02. The fourth-order valence-corrected chi connectivity index (χ4v) is 6.75. The van der Waals surface area contributed by atoms with Crippen molar-refractivity contribution in [1.29, 1.82) is 0 Å². The standard InChI is InChI=1S/C27H28F3N7O8S/c28-12-5-11(6-13(29)19(12)30)15-7-36(34-32-15)20-22(40)17(9-38)44-26(24(20)42)46-27-25(43)21(23(41)18(10-39)45-27)37-8-16(33-35-37)14-3-1-2-4-31-14/h1-8,17-18,20-27,38-43H,9-10H2/t17?,18-,20?,21?,22+,23?,24+,25-,26+,27+/m1/s1. The van der Waals surface area contributed by atoms with Crippen LogP contribution in [0.1, 0.15) is 12.1 Å². The second kappa shape index (κ2) is 13.3. The molecule has 0 aliphatic carbocycles. The molecule has 3 aromatic heterocycles. The van der Waals surface area contributed by atoms with E-state index in [0.29, 0.717) is 23.5 Å². The lowest BCUT2D eigenvalue weighted by Gasteiger charge is -2.46. The van der Waals surface area contributed by atoms with Gasteiger partial charge >= 0.3 is 0 Å². The van der Waals surface area contributed by atoms with E-state index in [1.54, 1.807) is 24.4 Å². The van der Waals surface area contributed by atoms with Crippen LogP contribution >= 0.6 is 11.8 Å². The van der Waals surface area contributed by atoms with E-state index in [1.165, 1.54) is 10.9 Å². The van der Waals surface area contributed by atoms with Gasteiger partial charge in [0.25, 0.3) is 0 Å². The van der Waals surface area contributed by atoms with E-state index in [4.69, 9.17) is 9.47 Å². The number of ether oxygens (including phenoxy) is 2. The summed E-state index contributed by atoms with van der Waals surface area (Å²) < 4.78 is 54.9. The normalized spacial score (nSPS) is 31.7. The Morgan fingerprint density at radius 2 is 1.24 bits per heavy atom. The largest absolute Gasteiger partial charge is 0.394 e. The first-order chi connectivity index (χ1) is 22.1. The summed E-state index contributed by atoms with van der Waals surface area (Å²) in [5.74, 6) is -4.58. The summed E-state index contributed by atoms with van der Waals surface area (Å²) in [5, 5.41) is 80.4. The molecule has 4 unspecified atom stereocenters. The molecule has 5 heterocycles. The van der Waals surface area contributed by atoms with E-state index < -0.39 is 90.2 Å². The third-order valence-corrected chi connectivity index (χ3v) is 9.12. The molecule has 0 saturated carbocycles. The van der Waals surface area contributed by atoms with Crippen LogP contribution in [0.4, 0.5) is 13.2 Å². The third-order valence-electron chi connectivity index (χ3n) is 7.80. The van der Waals surface area contributed by atoms with Crippen molar-refractivity contribution in [3.63, 3.8) is 0 Å². The number of pyridine rings is 1. The molecule has 0 radical (unpaired) electrons. The second-order valence-corrected chi connectivity index (χ2v) is 11.9. The Labute approximate surface area is 261 Å². The maximum atomic E-state index is 13.8. The van der Waals surface area contributed by atoms with Crippen molar-refractivity contribution < 1.29 is 53.3 Å². The fourth-order valence-electron chi connectivity index (χ4n) is 5.43. The Balaban J connectivity index is 1.25. The lowest BCUT2D eigenvalue weighted by atomic mass is 9.97. The van der Waals surface area contributed by atoms with Gasteiger partial charge in [0, 0.05) is 11.8 Å². The molecule has 19 heteroatoms. The van der Waals surface area contributed by atoms with E-state index in [2.05, 4.69) is 25.6 Å². The number of thioether (sulfide) groups is 1. The van der Waals surface area contributed by atoms with E-state index in [-0.39, 0.29) is 11.3 Å². The highest BCUT2D eigenvalue weighted by Gasteiger charge is 2.51. The van der Waals surface area contributed by atoms with Crippen LogP contribution in [0.2, 0.25) is 0 Å². The number of nitrogens with zero attached hydrogens (tertiary/aromatic N) is 7. The number of hydrogen-bond donors (Lipinski definition) is 6. The predicted octanol–water partition coefficient (Wildman–Crippen LogP) is -0.591. The molecule has 15 nitrogen and oxygen atoms in total. The Hall–Kier alpha value is -3.53. The van der Waals surface area contributed by atoms with Crippen molar-refractivity contribution in [3.8, 4) is 22.6 Å². The molecular formula is C27H28F3N7O8S. The smallest absolute Gasteiger partial charge is 0.194 e. The monoisotopic (exact) mass is 667 g/mol. The van der Waals surface area contributed by atoms with Crippen molar-refractivity contribution >= 4 is 11.8 Å². The summed E-state index contributed by atoms with van der Waals surface area (Å²) in [7, 11) is 0. The molecule has 0 bridgehead atoms. The number of hydrogen-bond acceptors (Lipinski definition) is 14. The molecule has 2 saturated heterocycles. The minimum Gasteiger partial charge on any atom is -0.394 e. The van der Waals surface area contributed by atoms with Gasteiger partial charge < -0.3 is 40.1 Å². The average molecular weight is 668 g/mol. The van der Waals surface area contributed by atoms with Crippen molar-refractivity contribution in [1.82, 2.24) is 35.0 Å². The molecule has 4 aromatic rings. The van der Waals surface area contributed by atoms with Crippen molar-refractivity contribution in [2.75, 3.05) is 13.2 Å². The maximum Gasteiger partial charge on any atom is 0.194 e. The van der Waals surface area contributed by atoms with Gasteiger partial charge in [-0.25, -0.2) is 22.5 Å². The van der Waals surface area contributed by atoms with Crippen LogP contribution in [0.25, 0.3) is 22.6 Å². The van der Waals surface area contributed by atoms with E-state index >= 15 is 0 Å². The third kappa shape index (κ3) is 6.00. The van der Waals surface area contributed by atoms with Crippen molar-refractivity contribution in [3.05, 3.63) is 66.4 Å². The minimum absolute atomic E-state index is 0.111. The van der Waals surface area contributed by atoms with Gasteiger partial charge in [-0.3, -0.25) is 4.98 Å². The molecule has 2 fully saturated rings. The van der Waals surface area contributed by atoms with Crippen LogP contribution in [-0.2, 0) is 9.47 Å². The Morgan fingerprint density at radius 1 is 0.717 bits per heavy atom. The Kier molecular flexibility index (Phi) is 9.37. The molecule has 1 aromatic carbocycles. The zero-order valence-electron chi connectivity index (χ0n) is 23.5. The zero-order chi connectivity index (χ0) is 32.7. The molecule has 10 atom stereocenters. The molecule has 6 N–H and O–H groups in total. The molecule has 0 amide bonds. The molecule has 246 valence electrons. The minimum atomic E-state index is -1.67. The van der Waals surface area contributed by atoms with E-state index in [1.807, 2.05) is 0 Å². The first-order valence-corrected chi connectivity index (χ1v) is 14.9. The van der Waals surface area contributed by atoms with E-state index in [9.17, 15) is 43.8 Å². The van der Waals surface area contributed by atoms with Crippen LogP contribution in [-0.4, -0.2) is 126 Å². The molecular weight excluding hydrogens is 639 g/mol. The van der Waals surface area contributed by atoms with Crippen molar-refractivity contribution in [2.45, 2.75) is 59.6 Å². The van der Waals surface area contributed by atoms with Crippen LogP contribution in [0.5, 0.6) is 0 Å². The first kappa shape index (κ1) is 32.4. The number of aliphatic hydroxyl groups excluding tert-OH is 6. The van der Waals surface area contributed by atoms with Gasteiger partial charge in [-0.1, -0.05) is 28.3 Å². The highest BCUT2D eigenvalue weighted by atomic mass is 32.2. The molecule has 2 aliphatic rings. The molecule has 6 rings (SSSR count). The van der Waals surface area contributed by atoms with Crippen LogP contribution in [0.3, 0.4) is 0 Å². The number of benzene rings is 1. The summed E-state index contributed by atoms with van der Waals surface area (Å²) in [4.78, 5) is 4.21. The molecule has 0 spiro atoms. The SMILES string of the molecule is OCC1O[C@@H](S[C@@H]2O[C@H](CO)C(O)C(n3cc(-c4ccccn4)nn3)[C@H]2O)[C@@H](O)C(n2cc(-c3cc(F)c(F)c(F)c3)nn2)[C@H]1O. The lowest BCUT2D eigenvalue weighted by molar-refractivity contribution is -0.189. The Morgan fingerprint density at radius 3 is 1.74 bits per heavy atom. The van der Waals surface area contributed by atoms with Crippen LogP contribution in [0.15, 0.2) is 48.9 Å². The zero-order valence-corrected chi connectivity index (χ0v) is 24.3. The highest BCUT2D eigenvalue weighted by Crippen LogP contribution is 2.42. The Bertz CT molecular complexity index is 1630. The summed E-state index contributed by atoms with van der Waals surface area (Å²) >= 11 is 0.744. The van der Waals surface area contributed by atoms with Gasteiger partial charge in [0.15, 0.2) is 17.5 Å². The van der Waals surface area contributed by atoms with Crippen LogP contribution in [0, 0.1) is 17.5 Å². The molecule has 46 heavy (non-hydrogen) atoms. The summed E-state index contributed by atoms with van der Waals surface area (Å²) in [6.07, 6.45) is -4.46. The quantitative estimate of drug-likeness (QED) is 0.130. The van der Waals surface area contributed by atoms with Crippen LogP contribution < -0.4 is 0 Å². The van der Waals surface area contributed by atoms with Gasteiger partial charge in [0.1, 0.15) is 71.0 Å². The average Bonchev–Trinajstić information content (AvgIpc) is 3.74. The lowest BCUT2D eigenvalue weighted by Crippen LogP contribution is -2.58. The van der Waals surface area contributed by atoms with Gasteiger partial charge in [-0.15, -0.1) is 10.2 Å². The first-order valence-electron chi connectivity index (χ1n) is 13.9. The summed E-state index contributed by atoms with van der Waals surface area (Å²) in [6, 6.07) is 4.05. The number of halogens is 3. The molecule has 2 aliphatic heterocycles. The van der Waals surface area contributed by atoms with Gasteiger partial charge in [0.2, 0.25) is 0 Å². The van der Waals surface area contributed by atoms with Gasteiger partial charge in [-0.2, -0.15) is 0 Å².